The smallest absolute Gasteiger partial charge is 0.478 e. The lowest BCUT2D eigenvalue weighted by Crippen LogP contribution is -2.45. The number of phosphoric acid groups is 2. The van der Waals surface area contributed by atoms with Crippen molar-refractivity contribution in [3.8, 4) is 0 Å². The number of ether oxygens (including phenoxy) is 2. The molecule has 0 radical (unpaired) electrons. The molecule has 1 aliphatic heterocycles. The predicted octanol–water partition coefficient (Wildman–Crippen LogP) is -1.52. The van der Waals surface area contributed by atoms with E-state index in [2.05, 4.69) is 24.1 Å². The number of methoxy groups -OCH3 is 1. The molecule has 1 fully saturated rings. The number of phosphoric ester groups is 1. The number of nitrogens with one attached hydrogen (secondary N) is 2. The van der Waals surface area contributed by atoms with E-state index in [0.29, 0.717) is 0 Å². The molecule has 16 nitrogen and oxygen atoms in total. The molecule has 0 aliphatic carbocycles. The van der Waals surface area contributed by atoms with Gasteiger partial charge in [-0.2, -0.15) is 0 Å². The monoisotopic (exact) mass is 527 g/mol. The van der Waals surface area contributed by atoms with Crippen molar-refractivity contribution < 1.29 is 51.8 Å². The number of aromatic nitrogens is 4. The summed E-state index contributed by atoms with van der Waals surface area (Å²) in [6.45, 7) is 2.98. The Morgan fingerprint density at radius 2 is 2.06 bits per heavy atom. The van der Waals surface area contributed by atoms with Crippen molar-refractivity contribution in [2.75, 3.05) is 25.6 Å². The van der Waals surface area contributed by atoms with Crippen LogP contribution in [0.25, 0.3) is 11.2 Å². The van der Waals surface area contributed by atoms with E-state index in [4.69, 9.17) is 14.4 Å². The number of hydrogen-bond acceptors (Lipinski definition) is 11. The number of aliphatic hydroxyl groups excluding tert-OH is 1. The molecule has 1 aliphatic rings. The highest BCUT2D eigenvalue weighted by Gasteiger charge is 2.48. The number of anilines is 1. The van der Waals surface area contributed by atoms with Gasteiger partial charge in [0.2, 0.25) is 11.7 Å². The molecule has 3 heterocycles. The van der Waals surface area contributed by atoms with Gasteiger partial charge in [0.25, 0.3) is 19.3 Å². The number of aromatic amines is 1. The lowest BCUT2D eigenvalue weighted by molar-refractivity contribution is -0.745. The summed E-state index contributed by atoms with van der Waals surface area (Å²) < 4.78 is 44.8. The van der Waals surface area contributed by atoms with Gasteiger partial charge in [0.15, 0.2) is 6.33 Å². The van der Waals surface area contributed by atoms with Gasteiger partial charge >= 0.3 is 13.5 Å². The Morgan fingerprint density at radius 1 is 1.38 bits per heavy atom. The van der Waals surface area contributed by atoms with E-state index in [1.807, 2.05) is 13.8 Å². The lowest BCUT2D eigenvalue weighted by Gasteiger charge is -2.22. The zero-order chi connectivity index (χ0) is 25.4. The van der Waals surface area contributed by atoms with Crippen molar-refractivity contribution in [1.29, 1.82) is 0 Å². The van der Waals surface area contributed by atoms with Crippen LogP contribution in [-0.2, 0) is 34.5 Å². The van der Waals surface area contributed by atoms with Crippen LogP contribution in [0.1, 0.15) is 20.1 Å². The predicted molar refractivity (Wildman–Crippen MR) is 112 cm³/mol. The number of nitrogens with zero attached hydrogens (tertiary/aromatic N) is 3. The minimum Gasteiger partial charge on any atom is -0.756 e. The third kappa shape index (κ3) is 6.10. The molecule has 0 spiro atoms. The largest absolute Gasteiger partial charge is 0.756 e. The fraction of sp³-hybridized carbons (Fsp3) is 0.688. The third-order valence-corrected chi connectivity index (χ3v) is 7.09. The second-order valence-electron chi connectivity index (χ2n) is 8.01. The maximum absolute atomic E-state index is 12.6. The number of aliphatic hydroxyl groups is 1. The van der Waals surface area contributed by atoms with Gasteiger partial charge in [-0.15, -0.1) is 0 Å². The van der Waals surface area contributed by atoms with Crippen LogP contribution >= 0.6 is 15.6 Å². The Kier molecular flexibility index (Phi) is 7.99. The molecule has 0 amide bonds. The second-order valence-corrected chi connectivity index (χ2v) is 10.8. The van der Waals surface area contributed by atoms with Gasteiger partial charge in [-0.25, -0.2) is 13.4 Å². The van der Waals surface area contributed by atoms with Gasteiger partial charge in [0, 0.05) is 19.1 Å². The van der Waals surface area contributed by atoms with Gasteiger partial charge in [0.1, 0.15) is 6.10 Å². The average Bonchev–Trinajstić information content (AvgIpc) is 3.16. The number of hydrogen-bond donors (Lipinski definition) is 5. The molecule has 0 aromatic carbocycles. The number of imidazole rings is 1. The first kappa shape index (κ1) is 26.9. The van der Waals surface area contributed by atoms with Crippen LogP contribution in [-0.4, -0.2) is 68.0 Å². The zero-order valence-electron chi connectivity index (χ0n) is 18.7. The van der Waals surface area contributed by atoms with Crippen LogP contribution in [0.15, 0.2) is 11.1 Å². The third-order valence-electron chi connectivity index (χ3n) is 4.96. The number of fused-ring (bicyclic) bond motifs is 1. The highest BCUT2D eigenvalue weighted by molar-refractivity contribution is 7.60. The maximum atomic E-state index is 12.6. The highest BCUT2D eigenvalue weighted by Crippen LogP contribution is 2.55. The van der Waals surface area contributed by atoms with Crippen molar-refractivity contribution in [1.82, 2.24) is 14.5 Å². The van der Waals surface area contributed by atoms with Crippen LogP contribution in [0, 0.1) is 5.92 Å². The molecule has 2 aromatic rings. The van der Waals surface area contributed by atoms with Crippen molar-refractivity contribution >= 4 is 32.8 Å². The first-order chi connectivity index (χ1) is 15.7. The molecule has 0 saturated carbocycles. The van der Waals surface area contributed by atoms with Gasteiger partial charge in [-0.1, -0.05) is 4.98 Å². The minimum absolute atomic E-state index is 0.0292. The van der Waals surface area contributed by atoms with E-state index in [0.717, 1.165) is 0 Å². The van der Waals surface area contributed by atoms with Crippen LogP contribution in [0.2, 0.25) is 0 Å². The van der Waals surface area contributed by atoms with E-state index in [1.54, 1.807) is 7.05 Å². The van der Waals surface area contributed by atoms with Crippen molar-refractivity contribution in [2.24, 2.45) is 13.0 Å². The summed E-state index contributed by atoms with van der Waals surface area (Å²) in [5, 5.41) is 14.0. The van der Waals surface area contributed by atoms with Crippen LogP contribution in [0.5, 0.6) is 0 Å². The Hall–Kier alpha value is -1.71. The van der Waals surface area contributed by atoms with Gasteiger partial charge < -0.3 is 34.6 Å². The van der Waals surface area contributed by atoms with Crippen molar-refractivity contribution in [2.45, 2.75) is 38.3 Å². The molecular formula is C16H27N5O11P2. The van der Waals surface area contributed by atoms with E-state index >= 15 is 0 Å². The first-order valence-corrected chi connectivity index (χ1v) is 13.0. The lowest BCUT2D eigenvalue weighted by atomic mass is 9.99. The Morgan fingerprint density at radius 3 is 2.65 bits per heavy atom. The molecule has 1 saturated heterocycles. The molecule has 0 bridgehead atoms. The fourth-order valence-corrected chi connectivity index (χ4v) is 5.25. The molecule has 192 valence electrons. The molecular weight excluding hydrogens is 500 g/mol. The summed E-state index contributed by atoms with van der Waals surface area (Å²) >= 11 is 0. The second kappa shape index (κ2) is 10.1. The standard InChI is InChI=1S/C16H27N5O11P2/c1-8(2)17-16-18-13-11(14(23)19-16)20(3)7-21(13)15-12(22)9(5-29-4)10(31-15)6-30-34(27,28)32-33(24,25)26/h7-10,12,15,22H,5-6H2,1-4H3,(H4-,17,18,19,23,24,25,26,27,28)/t9-,10-,12-,15-/m1/s1. The fourth-order valence-electron chi connectivity index (χ4n) is 3.68. The topological polar surface area (TPSA) is 221 Å². The summed E-state index contributed by atoms with van der Waals surface area (Å²) in [5.41, 5.74) is -0.0324. The van der Waals surface area contributed by atoms with Gasteiger partial charge in [0.05, 0.1) is 26.4 Å². The number of aryl methyl sites for hydroxylation is 1. The van der Waals surface area contributed by atoms with Crippen molar-refractivity contribution in [3.05, 3.63) is 16.7 Å². The van der Waals surface area contributed by atoms with Crippen LogP contribution in [0.3, 0.4) is 0 Å². The summed E-state index contributed by atoms with van der Waals surface area (Å²) in [7, 11) is -7.76. The van der Waals surface area contributed by atoms with E-state index < -0.39 is 52.2 Å². The molecule has 3 rings (SSSR count). The molecule has 18 heteroatoms. The Bertz CT molecular complexity index is 1180. The average molecular weight is 527 g/mol. The summed E-state index contributed by atoms with van der Waals surface area (Å²) in [6, 6.07) is -0.0292. The van der Waals surface area contributed by atoms with E-state index in [-0.39, 0.29) is 29.8 Å². The van der Waals surface area contributed by atoms with Crippen molar-refractivity contribution in [3.63, 3.8) is 0 Å². The molecule has 2 unspecified atom stereocenters. The number of rotatable bonds is 10. The highest BCUT2D eigenvalue weighted by atomic mass is 31.3. The van der Waals surface area contributed by atoms with Gasteiger partial charge in [-0.3, -0.25) is 23.4 Å². The quantitative estimate of drug-likeness (QED) is 0.175. The summed E-state index contributed by atoms with van der Waals surface area (Å²) in [6.07, 6.45) is -1.92. The zero-order valence-corrected chi connectivity index (χ0v) is 20.5. The van der Waals surface area contributed by atoms with Crippen LogP contribution in [0.4, 0.5) is 5.95 Å². The Labute approximate surface area is 193 Å². The van der Waals surface area contributed by atoms with Gasteiger partial charge in [-0.05, 0) is 13.8 Å². The molecule has 2 aromatic heterocycles. The minimum atomic E-state index is -5.55. The first-order valence-electron chi connectivity index (χ1n) is 10.0. The SMILES string of the molecule is COC[C@H]1[C@@H](O)[C@H]([n+]2cn(C)c3c(=O)[nH]c(NC(C)C)nc32)O[C@@H]1COP(=O)(O)OP(=O)([O-])O. The number of H-pyrrole nitrogens is 1. The molecule has 34 heavy (non-hydrogen) atoms. The maximum Gasteiger partial charge on any atom is 0.478 e. The van der Waals surface area contributed by atoms with E-state index in [9.17, 15) is 28.8 Å². The van der Waals surface area contributed by atoms with E-state index in [1.165, 1.54) is 22.6 Å². The molecule has 5 N–H and O–H groups in total. The summed E-state index contributed by atoms with van der Waals surface area (Å²) in [4.78, 5) is 48.6. The van der Waals surface area contributed by atoms with Crippen LogP contribution < -0.4 is 20.3 Å². The molecule has 6 atom stereocenters. The normalized spacial score (nSPS) is 26.6. The Balaban J connectivity index is 1.92. The summed E-state index contributed by atoms with van der Waals surface area (Å²) in [5.74, 6) is -0.584.